The molecule has 0 saturated heterocycles. The van der Waals surface area contributed by atoms with Crippen LogP contribution in [0.4, 0.5) is 0 Å². The molecule has 0 aliphatic rings. The van der Waals surface area contributed by atoms with Crippen molar-refractivity contribution in [2.45, 2.75) is 13.2 Å². The number of amidine groups is 1. The van der Waals surface area contributed by atoms with Gasteiger partial charge < -0.3 is 15.0 Å². The Morgan fingerprint density at radius 2 is 2.11 bits per heavy atom. The van der Waals surface area contributed by atoms with Gasteiger partial charge in [-0.1, -0.05) is 24.3 Å². The maximum absolute atomic E-state index is 7.49. The number of nitrogens with two attached hydrogens (primary N) is 1. The maximum Gasteiger partial charge on any atom is 0.134 e. The fourth-order valence-corrected chi connectivity index (χ4v) is 1.70. The first-order valence-electron chi connectivity index (χ1n) is 5.64. The van der Waals surface area contributed by atoms with E-state index in [4.69, 9.17) is 15.9 Å². The van der Waals surface area contributed by atoms with Crippen LogP contribution in [0.1, 0.15) is 17.0 Å². The topological polar surface area (TPSA) is 76.9 Å². The van der Waals surface area contributed by atoms with Gasteiger partial charge in [0.25, 0.3) is 0 Å². The number of nitrogens with one attached hydrogen (secondary N) is 1. The highest BCUT2D eigenvalue weighted by atomic mass is 35.5. The normalized spacial score (nSPS) is 9.95. The standard InChI is InChI=1S/C13H16N4O.ClH/c1-17-7-6-16-12(17)9-18-8-10-4-2-3-5-11(10)13(14)15;/h2-7H,8-9H2,1H3,(H3,14,15);1H. The molecule has 0 amide bonds. The van der Waals surface area contributed by atoms with Crippen LogP contribution in [-0.2, 0) is 25.0 Å². The molecule has 5 nitrogen and oxygen atoms in total. The molecule has 0 spiro atoms. The number of rotatable bonds is 5. The fourth-order valence-electron chi connectivity index (χ4n) is 1.70. The molecule has 1 aromatic heterocycles. The van der Waals surface area contributed by atoms with Crippen LogP contribution >= 0.6 is 12.4 Å². The largest absolute Gasteiger partial charge is 0.384 e. The number of hydrogen-bond donors (Lipinski definition) is 2. The van der Waals surface area contributed by atoms with Crippen molar-refractivity contribution in [3.05, 3.63) is 53.6 Å². The molecule has 0 unspecified atom stereocenters. The Labute approximate surface area is 118 Å². The summed E-state index contributed by atoms with van der Waals surface area (Å²) in [6.07, 6.45) is 3.62. The van der Waals surface area contributed by atoms with Gasteiger partial charge in [0.05, 0.1) is 6.61 Å². The molecule has 0 atom stereocenters. The molecule has 102 valence electrons. The van der Waals surface area contributed by atoms with Crippen LogP contribution in [0.15, 0.2) is 36.7 Å². The van der Waals surface area contributed by atoms with Crippen LogP contribution in [0.25, 0.3) is 0 Å². The van der Waals surface area contributed by atoms with E-state index in [0.717, 1.165) is 17.0 Å². The molecule has 0 fully saturated rings. The molecule has 0 saturated carbocycles. The number of hydrogen-bond acceptors (Lipinski definition) is 3. The van der Waals surface area contributed by atoms with Gasteiger partial charge in [0.1, 0.15) is 18.3 Å². The number of aromatic nitrogens is 2. The second-order valence-electron chi connectivity index (χ2n) is 4.02. The Morgan fingerprint density at radius 3 is 2.74 bits per heavy atom. The minimum Gasteiger partial charge on any atom is -0.384 e. The van der Waals surface area contributed by atoms with E-state index in [2.05, 4.69) is 4.98 Å². The van der Waals surface area contributed by atoms with Crippen LogP contribution in [0.3, 0.4) is 0 Å². The summed E-state index contributed by atoms with van der Waals surface area (Å²) < 4.78 is 7.51. The number of imidazole rings is 1. The van der Waals surface area contributed by atoms with Gasteiger partial charge in [-0.05, 0) is 5.56 Å². The zero-order valence-electron chi connectivity index (χ0n) is 10.7. The Hall–Kier alpha value is -1.85. The molecule has 0 aliphatic carbocycles. The van der Waals surface area contributed by atoms with Crippen LogP contribution in [0.5, 0.6) is 0 Å². The summed E-state index contributed by atoms with van der Waals surface area (Å²) in [4.78, 5) is 4.18. The molecule has 6 heteroatoms. The molecule has 0 radical (unpaired) electrons. The van der Waals surface area contributed by atoms with E-state index >= 15 is 0 Å². The second kappa shape index (κ2) is 6.92. The number of nitrogen functional groups attached to an aromatic ring is 1. The summed E-state index contributed by atoms with van der Waals surface area (Å²) >= 11 is 0. The Balaban J connectivity index is 0.00000180. The smallest absolute Gasteiger partial charge is 0.134 e. The van der Waals surface area contributed by atoms with E-state index in [1.807, 2.05) is 42.1 Å². The van der Waals surface area contributed by atoms with Crippen LogP contribution in [0, 0.1) is 5.41 Å². The number of aryl methyl sites for hydroxylation is 1. The molecule has 2 rings (SSSR count). The molecule has 19 heavy (non-hydrogen) atoms. The van der Waals surface area contributed by atoms with E-state index < -0.39 is 0 Å². The predicted molar refractivity (Wildman–Crippen MR) is 76.4 cm³/mol. The third-order valence-electron chi connectivity index (χ3n) is 2.72. The Kier molecular flexibility index (Phi) is 5.54. The summed E-state index contributed by atoms with van der Waals surface area (Å²) in [5.74, 6) is 0.932. The lowest BCUT2D eigenvalue weighted by molar-refractivity contribution is 0.0999. The van der Waals surface area contributed by atoms with Gasteiger partial charge in [-0.3, -0.25) is 5.41 Å². The Bertz CT molecular complexity index is 553. The van der Waals surface area contributed by atoms with Crippen molar-refractivity contribution < 1.29 is 4.74 Å². The van der Waals surface area contributed by atoms with E-state index in [0.29, 0.717) is 13.2 Å². The third kappa shape index (κ3) is 3.81. The monoisotopic (exact) mass is 280 g/mol. The van der Waals surface area contributed by atoms with Crippen molar-refractivity contribution in [2.24, 2.45) is 12.8 Å². The summed E-state index contributed by atoms with van der Waals surface area (Å²) in [5, 5.41) is 7.49. The summed E-state index contributed by atoms with van der Waals surface area (Å²) in [5.41, 5.74) is 7.15. The first-order chi connectivity index (χ1) is 8.68. The van der Waals surface area contributed by atoms with Crippen molar-refractivity contribution in [3.63, 3.8) is 0 Å². The van der Waals surface area contributed by atoms with Gasteiger partial charge >= 0.3 is 0 Å². The van der Waals surface area contributed by atoms with E-state index in [1.165, 1.54) is 0 Å². The maximum atomic E-state index is 7.49. The second-order valence-corrected chi connectivity index (χ2v) is 4.02. The van der Waals surface area contributed by atoms with Gasteiger partial charge in [-0.2, -0.15) is 0 Å². The highest BCUT2D eigenvalue weighted by Crippen LogP contribution is 2.10. The molecule has 2 aromatic rings. The summed E-state index contributed by atoms with van der Waals surface area (Å²) in [6.45, 7) is 0.859. The van der Waals surface area contributed by atoms with Crippen molar-refractivity contribution in [1.29, 1.82) is 5.41 Å². The van der Waals surface area contributed by atoms with Crippen molar-refractivity contribution in [3.8, 4) is 0 Å². The van der Waals surface area contributed by atoms with Crippen LogP contribution in [0.2, 0.25) is 0 Å². The number of nitrogens with zero attached hydrogens (tertiary/aromatic N) is 2. The van der Waals surface area contributed by atoms with E-state index in [1.54, 1.807) is 6.20 Å². The minimum atomic E-state index is 0. The average Bonchev–Trinajstić information content (AvgIpc) is 2.76. The minimum absolute atomic E-state index is 0. The molecule has 1 aromatic carbocycles. The highest BCUT2D eigenvalue weighted by molar-refractivity contribution is 5.96. The van der Waals surface area contributed by atoms with Crippen molar-refractivity contribution in [2.75, 3.05) is 0 Å². The first-order valence-corrected chi connectivity index (χ1v) is 5.64. The zero-order chi connectivity index (χ0) is 13.0. The molecule has 1 heterocycles. The van der Waals surface area contributed by atoms with Gasteiger partial charge in [0, 0.05) is 25.0 Å². The van der Waals surface area contributed by atoms with Crippen LogP contribution < -0.4 is 5.73 Å². The summed E-state index contributed by atoms with van der Waals surface area (Å²) in [7, 11) is 1.93. The SMILES string of the molecule is Cl.Cn1ccnc1COCc1ccccc1C(=N)N. The molecule has 0 bridgehead atoms. The van der Waals surface area contributed by atoms with Crippen LogP contribution in [-0.4, -0.2) is 15.4 Å². The zero-order valence-corrected chi connectivity index (χ0v) is 11.5. The molecular formula is C13H17ClN4O. The third-order valence-corrected chi connectivity index (χ3v) is 2.72. The lowest BCUT2D eigenvalue weighted by atomic mass is 10.1. The van der Waals surface area contributed by atoms with Gasteiger partial charge in [0.2, 0.25) is 0 Å². The van der Waals surface area contributed by atoms with Gasteiger partial charge in [-0.15, -0.1) is 12.4 Å². The first kappa shape index (κ1) is 15.2. The number of halogens is 1. The van der Waals surface area contributed by atoms with Crippen molar-refractivity contribution >= 4 is 18.2 Å². The average molecular weight is 281 g/mol. The predicted octanol–water partition coefficient (Wildman–Crippen LogP) is 1.84. The molecular weight excluding hydrogens is 264 g/mol. The number of ether oxygens (including phenoxy) is 1. The lowest BCUT2D eigenvalue weighted by Gasteiger charge is -2.08. The quantitative estimate of drug-likeness (QED) is 0.648. The van der Waals surface area contributed by atoms with Gasteiger partial charge in [0.15, 0.2) is 0 Å². The lowest BCUT2D eigenvalue weighted by Crippen LogP contribution is -2.14. The summed E-state index contributed by atoms with van der Waals surface area (Å²) in [6, 6.07) is 7.50. The fraction of sp³-hybridized carbons (Fsp3) is 0.231. The Morgan fingerprint density at radius 1 is 1.37 bits per heavy atom. The van der Waals surface area contributed by atoms with E-state index in [9.17, 15) is 0 Å². The van der Waals surface area contributed by atoms with E-state index in [-0.39, 0.29) is 18.2 Å². The molecule has 0 aliphatic heterocycles. The highest BCUT2D eigenvalue weighted by Gasteiger charge is 2.05. The number of benzene rings is 1. The van der Waals surface area contributed by atoms with Crippen molar-refractivity contribution in [1.82, 2.24) is 9.55 Å². The molecule has 3 N–H and O–H groups in total. The van der Waals surface area contributed by atoms with Gasteiger partial charge in [-0.25, -0.2) is 4.98 Å².